The van der Waals surface area contributed by atoms with E-state index in [-0.39, 0.29) is 0 Å². The number of rotatable bonds is 5. The van der Waals surface area contributed by atoms with E-state index < -0.39 is 0 Å². The van der Waals surface area contributed by atoms with E-state index in [2.05, 4.69) is 53.6 Å². The van der Waals surface area contributed by atoms with E-state index in [9.17, 15) is 0 Å². The summed E-state index contributed by atoms with van der Waals surface area (Å²) in [7, 11) is 0. The second-order valence-electron chi connectivity index (χ2n) is 4.62. The highest BCUT2D eigenvalue weighted by Gasteiger charge is 2.06. The van der Waals surface area contributed by atoms with Crippen molar-refractivity contribution in [2.24, 2.45) is 0 Å². The maximum atomic E-state index is 4.50. The van der Waals surface area contributed by atoms with Crippen LogP contribution >= 0.6 is 22.7 Å². The van der Waals surface area contributed by atoms with Crippen molar-refractivity contribution in [3.8, 4) is 9.75 Å². The molecule has 0 unspecified atom stereocenters. The molecule has 0 fully saturated rings. The van der Waals surface area contributed by atoms with Crippen LogP contribution in [-0.2, 0) is 13.1 Å². The van der Waals surface area contributed by atoms with Crippen molar-refractivity contribution in [1.82, 2.24) is 10.3 Å². The van der Waals surface area contributed by atoms with Gasteiger partial charge in [0.15, 0.2) is 0 Å². The minimum Gasteiger partial charge on any atom is -0.306 e. The topological polar surface area (TPSA) is 24.9 Å². The Kier molecular flexibility index (Phi) is 4.25. The van der Waals surface area contributed by atoms with Gasteiger partial charge in [0.1, 0.15) is 5.01 Å². The second-order valence-corrected chi connectivity index (χ2v) is 7.02. The Morgan fingerprint density at radius 3 is 2.55 bits per heavy atom. The Morgan fingerprint density at radius 1 is 0.950 bits per heavy atom. The quantitative estimate of drug-likeness (QED) is 0.752. The highest BCUT2D eigenvalue weighted by molar-refractivity contribution is 7.21. The van der Waals surface area contributed by atoms with Gasteiger partial charge in [0, 0.05) is 29.0 Å². The smallest absolute Gasteiger partial charge is 0.107 e. The predicted molar refractivity (Wildman–Crippen MR) is 87.1 cm³/mol. The summed E-state index contributed by atoms with van der Waals surface area (Å²) in [4.78, 5) is 8.42. The molecule has 102 valence electrons. The van der Waals surface area contributed by atoms with E-state index in [1.165, 1.54) is 20.2 Å². The molecule has 2 heterocycles. The van der Waals surface area contributed by atoms with Gasteiger partial charge in [-0.2, -0.15) is 0 Å². The number of nitrogens with one attached hydrogen (secondary N) is 1. The van der Waals surface area contributed by atoms with Crippen LogP contribution in [0.2, 0.25) is 0 Å². The summed E-state index contributed by atoms with van der Waals surface area (Å²) >= 11 is 3.60. The zero-order valence-corrected chi connectivity index (χ0v) is 12.9. The number of thiophene rings is 1. The molecule has 3 rings (SSSR count). The summed E-state index contributed by atoms with van der Waals surface area (Å²) in [5, 5.41) is 4.58. The van der Waals surface area contributed by atoms with Crippen molar-refractivity contribution in [3.05, 3.63) is 64.1 Å². The largest absolute Gasteiger partial charge is 0.306 e. The summed E-state index contributed by atoms with van der Waals surface area (Å²) in [5.41, 5.74) is 1.30. The first kappa shape index (κ1) is 13.5. The molecule has 0 bridgehead atoms. The number of thiazole rings is 1. The van der Waals surface area contributed by atoms with Crippen LogP contribution in [0.15, 0.2) is 48.7 Å². The molecule has 3 aromatic rings. The molecule has 0 saturated heterocycles. The Balaban J connectivity index is 1.58. The van der Waals surface area contributed by atoms with Gasteiger partial charge in [0.05, 0.1) is 4.88 Å². The lowest BCUT2D eigenvalue weighted by molar-refractivity contribution is 0.690. The van der Waals surface area contributed by atoms with Gasteiger partial charge >= 0.3 is 0 Å². The van der Waals surface area contributed by atoms with Crippen LogP contribution in [0.1, 0.15) is 15.4 Å². The third-order valence-corrected chi connectivity index (χ3v) is 5.18. The molecule has 1 aromatic carbocycles. The summed E-state index contributed by atoms with van der Waals surface area (Å²) in [6, 6.07) is 14.8. The molecule has 2 nitrogen and oxygen atoms in total. The number of aryl methyl sites for hydroxylation is 1. The van der Waals surface area contributed by atoms with E-state index in [4.69, 9.17) is 0 Å². The van der Waals surface area contributed by atoms with Crippen LogP contribution < -0.4 is 5.32 Å². The van der Waals surface area contributed by atoms with Gasteiger partial charge in [-0.15, -0.1) is 22.7 Å². The van der Waals surface area contributed by atoms with Crippen LogP contribution in [0.5, 0.6) is 0 Å². The molecule has 0 atom stereocenters. The SMILES string of the molecule is Cc1ccc(-c2cnc(CNCc3ccccc3)s2)s1. The zero-order valence-electron chi connectivity index (χ0n) is 11.3. The van der Waals surface area contributed by atoms with Gasteiger partial charge in [-0.1, -0.05) is 30.3 Å². The molecule has 4 heteroatoms. The molecule has 0 radical (unpaired) electrons. The van der Waals surface area contributed by atoms with E-state index >= 15 is 0 Å². The number of benzene rings is 1. The van der Waals surface area contributed by atoms with Gasteiger partial charge in [-0.05, 0) is 24.6 Å². The van der Waals surface area contributed by atoms with Crippen LogP contribution in [0.25, 0.3) is 9.75 Å². The van der Waals surface area contributed by atoms with Gasteiger partial charge in [-0.3, -0.25) is 0 Å². The van der Waals surface area contributed by atoms with Gasteiger partial charge in [-0.25, -0.2) is 4.98 Å². The molecular formula is C16H16N2S2. The Labute approximate surface area is 127 Å². The monoisotopic (exact) mass is 300 g/mol. The third-order valence-electron chi connectivity index (χ3n) is 2.98. The lowest BCUT2D eigenvalue weighted by Crippen LogP contribution is -2.12. The predicted octanol–water partition coefficient (Wildman–Crippen LogP) is 4.47. The first-order valence-corrected chi connectivity index (χ1v) is 8.21. The van der Waals surface area contributed by atoms with Gasteiger partial charge in [0.25, 0.3) is 0 Å². The van der Waals surface area contributed by atoms with Gasteiger partial charge in [0.2, 0.25) is 0 Å². The minimum absolute atomic E-state index is 0.823. The number of hydrogen-bond donors (Lipinski definition) is 1. The highest BCUT2D eigenvalue weighted by atomic mass is 32.1. The van der Waals surface area contributed by atoms with E-state index in [0.717, 1.165) is 18.1 Å². The second kappa shape index (κ2) is 6.31. The summed E-state index contributed by atoms with van der Waals surface area (Å²) in [6.07, 6.45) is 1.98. The Morgan fingerprint density at radius 2 is 1.80 bits per heavy atom. The molecule has 2 aromatic heterocycles. The van der Waals surface area contributed by atoms with Crippen molar-refractivity contribution >= 4 is 22.7 Å². The molecule has 0 saturated carbocycles. The van der Waals surface area contributed by atoms with Crippen LogP contribution in [0, 0.1) is 6.92 Å². The lowest BCUT2D eigenvalue weighted by atomic mass is 10.2. The molecule has 20 heavy (non-hydrogen) atoms. The van der Waals surface area contributed by atoms with Crippen molar-refractivity contribution in [3.63, 3.8) is 0 Å². The molecule has 0 aliphatic carbocycles. The Hall–Kier alpha value is -1.49. The standard InChI is InChI=1S/C16H16N2S2/c1-12-7-8-14(19-12)15-10-18-16(20-15)11-17-9-13-5-3-2-4-6-13/h2-8,10,17H,9,11H2,1H3. The zero-order chi connectivity index (χ0) is 13.8. The van der Waals surface area contributed by atoms with Gasteiger partial charge < -0.3 is 5.32 Å². The fourth-order valence-corrected chi connectivity index (χ4v) is 3.81. The highest BCUT2D eigenvalue weighted by Crippen LogP contribution is 2.31. The normalized spacial score (nSPS) is 10.8. The fraction of sp³-hybridized carbons (Fsp3) is 0.188. The number of aromatic nitrogens is 1. The maximum absolute atomic E-state index is 4.50. The van der Waals surface area contributed by atoms with E-state index in [0.29, 0.717) is 0 Å². The Bertz CT molecular complexity index is 671. The number of hydrogen-bond acceptors (Lipinski definition) is 4. The minimum atomic E-state index is 0.823. The molecule has 0 spiro atoms. The van der Waals surface area contributed by atoms with Crippen LogP contribution in [0.3, 0.4) is 0 Å². The molecule has 0 amide bonds. The first-order valence-electron chi connectivity index (χ1n) is 6.57. The number of nitrogens with zero attached hydrogens (tertiary/aromatic N) is 1. The van der Waals surface area contributed by atoms with Crippen molar-refractivity contribution in [2.45, 2.75) is 20.0 Å². The summed E-state index contributed by atoms with van der Waals surface area (Å²) in [5.74, 6) is 0. The summed E-state index contributed by atoms with van der Waals surface area (Å²) < 4.78 is 0. The summed E-state index contributed by atoms with van der Waals surface area (Å²) in [6.45, 7) is 3.84. The van der Waals surface area contributed by atoms with Crippen LogP contribution in [0.4, 0.5) is 0 Å². The first-order chi connectivity index (χ1) is 9.81. The van der Waals surface area contributed by atoms with Crippen molar-refractivity contribution in [2.75, 3.05) is 0 Å². The molecule has 0 aliphatic heterocycles. The lowest BCUT2D eigenvalue weighted by Gasteiger charge is -2.01. The molecular weight excluding hydrogens is 284 g/mol. The van der Waals surface area contributed by atoms with Crippen molar-refractivity contribution in [1.29, 1.82) is 0 Å². The van der Waals surface area contributed by atoms with E-state index in [1.54, 1.807) is 11.3 Å². The maximum Gasteiger partial charge on any atom is 0.107 e. The van der Waals surface area contributed by atoms with Crippen molar-refractivity contribution < 1.29 is 0 Å². The molecule has 1 N–H and O–H groups in total. The average Bonchev–Trinajstić information content (AvgIpc) is 3.09. The third kappa shape index (κ3) is 3.33. The average molecular weight is 300 g/mol. The fourth-order valence-electron chi connectivity index (χ4n) is 1.98. The molecule has 0 aliphatic rings. The van der Waals surface area contributed by atoms with Crippen LogP contribution in [-0.4, -0.2) is 4.98 Å². The van der Waals surface area contributed by atoms with E-state index in [1.807, 2.05) is 23.6 Å².